The van der Waals surface area contributed by atoms with Gasteiger partial charge in [0, 0.05) is 0 Å². The van der Waals surface area contributed by atoms with Crippen molar-refractivity contribution in [2.24, 2.45) is 0 Å². The van der Waals surface area contributed by atoms with Gasteiger partial charge in [0.15, 0.2) is 0 Å². The first kappa shape index (κ1) is 41.4. The molecule has 0 saturated heterocycles. The first-order chi connectivity index (χ1) is 20.5. The molecule has 1 atom stereocenters. The van der Waals surface area contributed by atoms with Crippen LogP contribution in [-0.2, 0) is 4.79 Å². The summed E-state index contributed by atoms with van der Waals surface area (Å²) in [5.41, 5.74) is 0. The maximum Gasteiger partial charge on any atom is 0.126 e. The van der Waals surface area contributed by atoms with E-state index in [9.17, 15) is 9.90 Å². The Hall–Kier alpha value is -0.570. The van der Waals surface area contributed by atoms with Gasteiger partial charge in [0.25, 0.3) is 0 Å². The van der Waals surface area contributed by atoms with Crippen LogP contribution in [0.1, 0.15) is 220 Å². The van der Waals surface area contributed by atoms with Crippen molar-refractivity contribution in [3.8, 4) is 0 Å². The zero-order valence-electron chi connectivity index (χ0n) is 29.7. The van der Waals surface area contributed by atoms with Crippen LogP contribution in [0.25, 0.3) is 0 Å². The van der Waals surface area contributed by atoms with E-state index in [1.165, 1.54) is 193 Å². The van der Waals surface area contributed by atoms with Gasteiger partial charge in [0.2, 0.25) is 0 Å². The first-order valence-corrected chi connectivity index (χ1v) is 19.6. The molecule has 3 nitrogen and oxygen atoms in total. The molecule has 0 aliphatic heterocycles. The number of carboxylic acid groups (broad SMARTS) is 1. The molecule has 0 aromatic heterocycles. The Morgan fingerprint density at radius 3 is 0.786 bits per heavy atom. The van der Waals surface area contributed by atoms with Crippen LogP contribution < -0.4 is 5.11 Å². The van der Waals surface area contributed by atoms with Crippen molar-refractivity contribution in [3.05, 3.63) is 0 Å². The number of quaternary nitrogens is 1. The Kier molecular flexibility index (Phi) is 31.4. The van der Waals surface area contributed by atoms with Crippen molar-refractivity contribution >= 4 is 5.97 Å². The van der Waals surface area contributed by atoms with Crippen LogP contribution in [0.5, 0.6) is 0 Å². The molecule has 0 spiro atoms. The lowest BCUT2D eigenvalue weighted by atomic mass is 10.0. The van der Waals surface area contributed by atoms with Gasteiger partial charge in [0.1, 0.15) is 6.04 Å². The highest BCUT2D eigenvalue weighted by atomic mass is 16.4. The highest BCUT2D eigenvalue weighted by Gasteiger charge is 2.33. The van der Waals surface area contributed by atoms with Crippen molar-refractivity contribution in [2.75, 3.05) is 19.6 Å². The van der Waals surface area contributed by atoms with E-state index in [1.807, 2.05) is 6.92 Å². The normalized spacial score (nSPS) is 12.7. The van der Waals surface area contributed by atoms with Crippen molar-refractivity contribution in [3.63, 3.8) is 0 Å². The molecule has 0 radical (unpaired) electrons. The summed E-state index contributed by atoms with van der Waals surface area (Å²) < 4.78 is 0.771. The molecule has 0 fully saturated rings. The van der Waals surface area contributed by atoms with Gasteiger partial charge in [-0.25, -0.2) is 0 Å². The van der Waals surface area contributed by atoms with Gasteiger partial charge in [0.05, 0.1) is 25.6 Å². The maximum absolute atomic E-state index is 12.3. The molecule has 252 valence electrons. The number of carbonyl (C=O) groups is 1. The second-order valence-corrected chi connectivity index (χ2v) is 13.9. The van der Waals surface area contributed by atoms with E-state index in [0.29, 0.717) is 0 Å². The van der Waals surface area contributed by atoms with E-state index in [-0.39, 0.29) is 6.04 Å². The number of carboxylic acids is 1. The average Bonchev–Trinajstić information content (AvgIpc) is 2.99. The third-order valence-corrected chi connectivity index (χ3v) is 10.0. The van der Waals surface area contributed by atoms with Crippen molar-refractivity contribution in [1.82, 2.24) is 0 Å². The predicted molar refractivity (Wildman–Crippen MR) is 185 cm³/mol. The van der Waals surface area contributed by atoms with Gasteiger partial charge >= 0.3 is 0 Å². The lowest BCUT2D eigenvalue weighted by Crippen LogP contribution is -2.61. The van der Waals surface area contributed by atoms with Gasteiger partial charge in [-0.15, -0.1) is 0 Å². The fraction of sp³-hybridized carbons (Fsp3) is 0.974. The third-order valence-electron chi connectivity index (χ3n) is 10.0. The van der Waals surface area contributed by atoms with Gasteiger partial charge in [-0.05, 0) is 45.4 Å². The SMILES string of the molecule is CCCCCCCCCCCC[N+](CCCCCCCCCCCC)(CCCCCCCCCCCC)C(C)C(=O)[O-]. The third kappa shape index (κ3) is 24.8. The van der Waals surface area contributed by atoms with Crippen LogP contribution in [0.15, 0.2) is 0 Å². The van der Waals surface area contributed by atoms with E-state index in [1.54, 1.807) is 0 Å². The minimum absolute atomic E-state index is 0.388. The Labute approximate surface area is 266 Å². The largest absolute Gasteiger partial charge is 0.544 e. The van der Waals surface area contributed by atoms with Crippen LogP contribution in [-0.4, -0.2) is 36.1 Å². The number of hydrogen-bond acceptors (Lipinski definition) is 2. The van der Waals surface area contributed by atoms with Crippen LogP contribution in [0.2, 0.25) is 0 Å². The summed E-state index contributed by atoms with van der Waals surface area (Å²) in [6.07, 6.45) is 40.0. The quantitative estimate of drug-likeness (QED) is 0.0541. The Balaban J connectivity index is 4.68. The molecule has 0 aromatic rings. The van der Waals surface area contributed by atoms with E-state index in [2.05, 4.69) is 20.8 Å². The number of nitrogens with zero attached hydrogens (tertiary/aromatic N) is 1. The number of hydrogen-bond donors (Lipinski definition) is 0. The van der Waals surface area contributed by atoms with E-state index in [4.69, 9.17) is 0 Å². The van der Waals surface area contributed by atoms with E-state index >= 15 is 0 Å². The molecule has 0 aliphatic rings. The second kappa shape index (κ2) is 31.8. The first-order valence-electron chi connectivity index (χ1n) is 19.6. The summed E-state index contributed by atoms with van der Waals surface area (Å²) in [5, 5.41) is 12.3. The molecule has 0 saturated carbocycles. The number of carbonyl (C=O) groups excluding carboxylic acids is 1. The molecule has 0 rings (SSSR count). The van der Waals surface area contributed by atoms with Crippen LogP contribution >= 0.6 is 0 Å². The molecule has 42 heavy (non-hydrogen) atoms. The molecule has 3 heteroatoms. The summed E-state index contributed by atoms with van der Waals surface area (Å²) in [4.78, 5) is 12.3. The Morgan fingerprint density at radius 2 is 0.595 bits per heavy atom. The zero-order chi connectivity index (χ0) is 31.0. The van der Waals surface area contributed by atoms with Gasteiger partial charge in [-0.3, -0.25) is 0 Å². The standard InChI is InChI=1S/C39H79NO2/c1-5-8-11-14-17-20-23-26-29-32-35-40(38(4)39(41)42,36-33-30-27-24-21-18-15-12-9-6-2)37-34-31-28-25-22-19-16-13-10-7-3/h38H,5-37H2,1-4H3. The zero-order valence-corrected chi connectivity index (χ0v) is 29.7. The Bertz CT molecular complexity index is 489. The van der Waals surface area contributed by atoms with Gasteiger partial charge in [-0.1, -0.05) is 175 Å². The predicted octanol–water partition coefficient (Wildman–Crippen LogP) is 11.7. The van der Waals surface area contributed by atoms with E-state index < -0.39 is 5.97 Å². The molecule has 1 unspecified atom stereocenters. The fourth-order valence-corrected chi connectivity index (χ4v) is 6.88. The topological polar surface area (TPSA) is 40.1 Å². The maximum atomic E-state index is 12.3. The number of aliphatic carboxylic acids is 1. The van der Waals surface area contributed by atoms with Gasteiger partial charge in [-0.2, -0.15) is 0 Å². The van der Waals surface area contributed by atoms with Crippen molar-refractivity contribution in [1.29, 1.82) is 0 Å². The minimum Gasteiger partial charge on any atom is -0.544 e. The molecule has 0 bridgehead atoms. The molecule has 0 N–H and O–H groups in total. The average molecular weight is 594 g/mol. The molecular weight excluding hydrogens is 514 g/mol. The van der Waals surface area contributed by atoms with Crippen molar-refractivity contribution in [2.45, 2.75) is 226 Å². The summed E-state index contributed by atoms with van der Waals surface area (Å²) >= 11 is 0. The molecule has 0 heterocycles. The Morgan fingerprint density at radius 1 is 0.405 bits per heavy atom. The lowest BCUT2D eigenvalue weighted by Gasteiger charge is -2.44. The lowest BCUT2D eigenvalue weighted by molar-refractivity contribution is -0.944. The van der Waals surface area contributed by atoms with Crippen LogP contribution in [0.4, 0.5) is 0 Å². The minimum atomic E-state index is -0.832. The summed E-state index contributed by atoms with van der Waals surface area (Å²) in [5.74, 6) is -0.832. The second-order valence-electron chi connectivity index (χ2n) is 13.9. The molecule has 0 aliphatic carbocycles. The fourth-order valence-electron chi connectivity index (χ4n) is 6.88. The van der Waals surface area contributed by atoms with Crippen LogP contribution in [0, 0.1) is 0 Å². The molecule has 0 amide bonds. The van der Waals surface area contributed by atoms with Crippen LogP contribution in [0.3, 0.4) is 0 Å². The van der Waals surface area contributed by atoms with Gasteiger partial charge < -0.3 is 14.4 Å². The number of unbranched alkanes of at least 4 members (excludes halogenated alkanes) is 27. The highest BCUT2D eigenvalue weighted by molar-refractivity contribution is 5.69. The highest BCUT2D eigenvalue weighted by Crippen LogP contribution is 2.23. The molecular formula is C39H79NO2. The summed E-state index contributed by atoms with van der Waals surface area (Å²) in [6.45, 7) is 11.9. The van der Waals surface area contributed by atoms with E-state index in [0.717, 1.165) is 24.1 Å². The van der Waals surface area contributed by atoms with Crippen molar-refractivity contribution < 1.29 is 14.4 Å². The summed E-state index contributed by atoms with van der Waals surface area (Å²) in [7, 11) is 0. The number of rotatable bonds is 35. The molecule has 0 aromatic carbocycles. The monoisotopic (exact) mass is 594 g/mol. The smallest absolute Gasteiger partial charge is 0.126 e. The summed E-state index contributed by atoms with van der Waals surface area (Å²) in [6, 6.07) is -0.388.